The highest BCUT2D eigenvalue weighted by Gasteiger charge is 2.24. The molecule has 0 aliphatic heterocycles. The normalized spacial score (nSPS) is 11.6. The van der Waals surface area contributed by atoms with E-state index in [0.29, 0.717) is 0 Å². The molecule has 1 aliphatic rings. The summed E-state index contributed by atoms with van der Waals surface area (Å²) in [5, 5.41) is 5.30. The van der Waals surface area contributed by atoms with Gasteiger partial charge in [-0.15, -0.1) is 0 Å². The van der Waals surface area contributed by atoms with Crippen LogP contribution in [-0.2, 0) is 0 Å². The smallest absolute Gasteiger partial charge is 0.194 e. The Morgan fingerprint density at radius 2 is 0.714 bits per heavy atom. The van der Waals surface area contributed by atoms with Crippen LogP contribution in [0, 0.1) is 0 Å². The Hall–Kier alpha value is -3.71. The number of carbonyl (C=O) groups is 1. The van der Waals surface area contributed by atoms with Gasteiger partial charge in [0.2, 0.25) is 0 Å². The molecule has 0 heterocycles. The Balaban J connectivity index is 0.000000122. The third-order valence-electron chi connectivity index (χ3n) is 5.29. The summed E-state index contributed by atoms with van der Waals surface area (Å²) < 4.78 is 0. The summed E-state index contributed by atoms with van der Waals surface area (Å²) in [5.41, 5.74) is 3.78. The molecule has 0 radical (unpaired) electrons. The van der Waals surface area contributed by atoms with E-state index < -0.39 is 0 Å². The molecule has 5 aromatic rings. The fourth-order valence-electron chi connectivity index (χ4n) is 3.93. The summed E-state index contributed by atoms with van der Waals surface area (Å²) in [6.45, 7) is 0. The number of fused-ring (bicyclic) bond motifs is 6. The maximum atomic E-state index is 11.9. The molecule has 1 nitrogen and oxygen atoms in total. The van der Waals surface area contributed by atoms with Crippen LogP contribution in [-0.4, -0.2) is 5.78 Å². The van der Waals surface area contributed by atoms with Crippen molar-refractivity contribution in [2.24, 2.45) is 0 Å². The third-order valence-corrected chi connectivity index (χ3v) is 5.29. The van der Waals surface area contributed by atoms with E-state index in [-0.39, 0.29) is 5.78 Å². The second-order valence-electron chi connectivity index (χ2n) is 6.93. The Kier molecular flexibility index (Phi) is 3.99. The molecule has 0 amide bonds. The predicted molar refractivity (Wildman–Crippen MR) is 117 cm³/mol. The number of hydrogen-bond acceptors (Lipinski definition) is 1. The van der Waals surface area contributed by atoms with Gasteiger partial charge in [0.15, 0.2) is 5.78 Å². The van der Waals surface area contributed by atoms with Gasteiger partial charge in [-0.25, -0.2) is 0 Å². The first-order valence-electron chi connectivity index (χ1n) is 9.42. The average molecular weight is 358 g/mol. The minimum Gasteiger partial charge on any atom is -0.289 e. The molecule has 0 bridgehead atoms. The van der Waals surface area contributed by atoms with Gasteiger partial charge in [-0.05, 0) is 32.7 Å². The lowest BCUT2D eigenvalue weighted by atomic mass is 10.0. The van der Waals surface area contributed by atoms with E-state index in [9.17, 15) is 4.79 Å². The van der Waals surface area contributed by atoms with E-state index in [1.807, 2.05) is 48.5 Å². The van der Waals surface area contributed by atoms with Crippen molar-refractivity contribution in [3.8, 4) is 11.1 Å². The van der Waals surface area contributed by atoms with Crippen LogP contribution in [0.2, 0.25) is 0 Å². The minimum absolute atomic E-state index is 0.149. The maximum absolute atomic E-state index is 11.9. The standard InChI is InChI=1S/C14H10.C13H8O/c1-3-7-13-11(5-1)9-10-12-6-2-4-8-14(12)13;14-13-11-7-3-1-5-9(11)10-6-2-4-8-12(10)13/h1-10H;1-8H. The van der Waals surface area contributed by atoms with Crippen molar-refractivity contribution < 1.29 is 4.79 Å². The van der Waals surface area contributed by atoms with Crippen LogP contribution < -0.4 is 0 Å². The van der Waals surface area contributed by atoms with Crippen molar-refractivity contribution in [2.45, 2.75) is 0 Å². The van der Waals surface area contributed by atoms with E-state index in [1.165, 1.54) is 21.5 Å². The van der Waals surface area contributed by atoms with Crippen molar-refractivity contribution in [3.05, 3.63) is 120 Å². The van der Waals surface area contributed by atoms with Gasteiger partial charge in [-0.3, -0.25) is 4.79 Å². The van der Waals surface area contributed by atoms with Crippen LogP contribution in [0.1, 0.15) is 15.9 Å². The number of benzene rings is 5. The zero-order chi connectivity index (χ0) is 18.9. The highest BCUT2D eigenvalue weighted by molar-refractivity contribution is 6.21. The Labute approximate surface area is 163 Å². The van der Waals surface area contributed by atoms with Gasteiger partial charge in [0, 0.05) is 11.1 Å². The molecule has 5 aromatic carbocycles. The molecule has 0 N–H and O–H groups in total. The first-order valence-corrected chi connectivity index (χ1v) is 9.42. The maximum Gasteiger partial charge on any atom is 0.194 e. The summed E-state index contributed by atoms with van der Waals surface area (Å²) in [6.07, 6.45) is 0. The second kappa shape index (κ2) is 6.79. The topological polar surface area (TPSA) is 17.1 Å². The first-order chi connectivity index (χ1) is 13.8. The van der Waals surface area contributed by atoms with Crippen molar-refractivity contribution in [1.29, 1.82) is 0 Å². The molecular weight excluding hydrogens is 340 g/mol. The lowest BCUT2D eigenvalue weighted by Gasteiger charge is -2.02. The highest BCUT2D eigenvalue weighted by atomic mass is 16.1. The molecule has 6 rings (SSSR count). The monoisotopic (exact) mass is 358 g/mol. The van der Waals surface area contributed by atoms with Crippen molar-refractivity contribution in [3.63, 3.8) is 0 Å². The molecule has 0 fully saturated rings. The molecule has 0 spiro atoms. The molecule has 28 heavy (non-hydrogen) atoms. The summed E-state index contributed by atoms with van der Waals surface area (Å²) in [6, 6.07) is 36.9. The average Bonchev–Trinajstić information content (AvgIpc) is 3.07. The molecule has 0 saturated heterocycles. The molecule has 132 valence electrons. The number of hydrogen-bond donors (Lipinski definition) is 0. The zero-order valence-electron chi connectivity index (χ0n) is 15.3. The van der Waals surface area contributed by atoms with Crippen molar-refractivity contribution >= 4 is 27.3 Å². The SMILES string of the molecule is O=C1c2ccccc2-c2ccccc21.c1ccc2c(c1)ccc1ccccc12. The van der Waals surface area contributed by atoms with Gasteiger partial charge < -0.3 is 0 Å². The molecule has 1 heteroatoms. The zero-order valence-corrected chi connectivity index (χ0v) is 15.3. The van der Waals surface area contributed by atoms with Gasteiger partial charge in [-0.1, -0.05) is 109 Å². The van der Waals surface area contributed by atoms with Crippen LogP contribution in [0.3, 0.4) is 0 Å². The summed E-state index contributed by atoms with van der Waals surface area (Å²) in [4.78, 5) is 11.9. The summed E-state index contributed by atoms with van der Waals surface area (Å²) >= 11 is 0. The number of rotatable bonds is 0. The van der Waals surface area contributed by atoms with E-state index >= 15 is 0 Å². The van der Waals surface area contributed by atoms with Crippen LogP contribution in [0.4, 0.5) is 0 Å². The van der Waals surface area contributed by atoms with E-state index in [0.717, 1.165) is 22.3 Å². The Morgan fingerprint density at radius 3 is 1.18 bits per heavy atom. The Morgan fingerprint density at radius 1 is 0.357 bits per heavy atom. The van der Waals surface area contributed by atoms with Gasteiger partial charge in [0.05, 0.1) is 0 Å². The summed E-state index contributed by atoms with van der Waals surface area (Å²) in [5.74, 6) is 0.149. The van der Waals surface area contributed by atoms with Crippen molar-refractivity contribution in [1.82, 2.24) is 0 Å². The van der Waals surface area contributed by atoms with Crippen LogP contribution in [0.5, 0.6) is 0 Å². The lowest BCUT2D eigenvalue weighted by Crippen LogP contribution is -1.93. The van der Waals surface area contributed by atoms with Gasteiger partial charge in [0.1, 0.15) is 0 Å². The largest absolute Gasteiger partial charge is 0.289 e. The van der Waals surface area contributed by atoms with Crippen LogP contribution in [0.25, 0.3) is 32.7 Å². The third kappa shape index (κ3) is 2.69. The van der Waals surface area contributed by atoms with E-state index in [4.69, 9.17) is 0 Å². The number of ketones is 1. The minimum atomic E-state index is 0.149. The van der Waals surface area contributed by atoms with Gasteiger partial charge in [-0.2, -0.15) is 0 Å². The Bertz CT molecular complexity index is 1230. The predicted octanol–water partition coefficient (Wildman–Crippen LogP) is 6.89. The molecule has 0 atom stereocenters. The number of carbonyl (C=O) groups excluding carboxylic acids is 1. The fourth-order valence-corrected chi connectivity index (χ4v) is 3.93. The first kappa shape index (κ1) is 16.5. The second-order valence-corrected chi connectivity index (χ2v) is 6.93. The molecule has 0 unspecified atom stereocenters. The molecular formula is C27H18O. The van der Waals surface area contributed by atoms with Gasteiger partial charge >= 0.3 is 0 Å². The van der Waals surface area contributed by atoms with Crippen LogP contribution in [0.15, 0.2) is 109 Å². The van der Waals surface area contributed by atoms with Gasteiger partial charge in [0.25, 0.3) is 0 Å². The fraction of sp³-hybridized carbons (Fsp3) is 0. The molecule has 0 saturated carbocycles. The van der Waals surface area contributed by atoms with Crippen LogP contribution >= 0.6 is 0 Å². The lowest BCUT2D eigenvalue weighted by molar-refractivity contribution is 0.104. The molecule has 1 aliphatic carbocycles. The molecule has 0 aromatic heterocycles. The van der Waals surface area contributed by atoms with E-state index in [1.54, 1.807) is 0 Å². The highest BCUT2D eigenvalue weighted by Crippen LogP contribution is 2.35. The van der Waals surface area contributed by atoms with Crippen molar-refractivity contribution in [2.75, 3.05) is 0 Å². The quantitative estimate of drug-likeness (QED) is 0.270. The summed E-state index contributed by atoms with van der Waals surface area (Å²) in [7, 11) is 0. The van der Waals surface area contributed by atoms with E-state index in [2.05, 4.69) is 60.7 Å².